The van der Waals surface area contributed by atoms with Crippen molar-refractivity contribution < 1.29 is 0 Å². The fraction of sp³-hybridized carbons (Fsp3) is 1.00. The molecule has 1 unspecified atom stereocenters. The molecule has 0 fully saturated rings. The Bertz CT molecular complexity index is 98.3. The summed E-state index contributed by atoms with van der Waals surface area (Å²) in [4.78, 5) is 2.62. The first-order chi connectivity index (χ1) is 6.26. The Morgan fingerprint density at radius 1 is 1.15 bits per heavy atom. The third kappa shape index (κ3) is 6.50. The van der Waals surface area contributed by atoms with Crippen molar-refractivity contribution in [3.63, 3.8) is 0 Å². The molecular formula is C11H24BrN. The monoisotopic (exact) mass is 249 g/mol. The van der Waals surface area contributed by atoms with E-state index in [1.165, 1.54) is 38.8 Å². The maximum Gasteiger partial charge on any atom is 0.00643 e. The summed E-state index contributed by atoms with van der Waals surface area (Å²) < 4.78 is 0. The minimum Gasteiger partial charge on any atom is -0.301 e. The Morgan fingerprint density at radius 2 is 1.77 bits per heavy atom. The molecule has 0 bridgehead atoms. The molecule has 0 rings (SSSR count). The van der Waals surface area contributed by atoms with Crippen LogP contribution >= 0.6 is 15.9 Å². The van der Waals surface area contributed by atoms with Crippen molar-refractivity contribution in [2.75, 3.05) is 18.4 Å². The predicted octanol–water partition coefficient (Wildman–Crippen LogP) is 3.67. The van der Waals surface area contributed by atoms with Gasteiger partial charge in [0.1, 0.15) is 0 Å². The number of nitrogens with zero attached hydrogens (tertiary/aromatic N) is 1. The lowest BCUT2D eigenvalue weighted by atomic mass is 10.2. The third-order valence-electron chi connectivity index (χ3n) is 2.59. The first kappa shape index (κ1) is 13.4. The van der Waals surface area contributed by atoms with E-state index in [9.17, 15) is 0 Å². The SMILES string of the molecule is CCCCN(CCCBr)C(C)CC. The van der Waals surface area contributed by atoms with Crippen LogP contribution in [0.15, 0.2) is 0 Å². The Morgan fingerprint density at radius 3 is 2.23 bits per heavy atom. The largest absolute Gasteiger partial charge is 0.301 e. The number of halogens is 1. The van der Waals surface area contributed by atoms with Crippen LogP contribution in [0.4, 0.5) is 0 Å². The average molecular weight is 250 g/mol. The van der Waals surface area contributed by atoms with Crippen LogP contribution in [0.3, 0.4) is 0 Å². The lowest BCUT2D eigenvalue weighted by molar-refractivity contribution is 0.202. The molecule has 0 saturated carbocycles. The summed E-state index contributed by atoms with van der Waals surface area (Å²) in [6.07, 6.45) is 5.19. The van der Waals surface area contributed by atoms with Crippen LogP contribution in [0.5, 0.6) is 0 Å². The van der Waals surface area contributed by atoms with Crippen LogP contribution in [-0.4, -0.2) is 29.4 Å². The summed E-state index contributed by atoms with van der Waals surface area (Å²) in [6.45, 7) is 9.40. The Balaban J connectivity index is 3.72. The molecule has 0 aromatic carbocycles. The molecule has 0 amide bonds. The van der Waals surface area contributed by atoms with Gasteiger partial charge in [-0.1, -0.05) is 36.2 Å². The van der Waals surface area contributed by atoms with E-state index < -0.39 is 0 Å². The fourth-order valence-electron chi connectivity index (χ4n) is 1.43. The summed E-state index contributed by atoms with van der Waals surface area (Å²) in [5, 5.41) is 1.13. The van der Waals surface area contributed by atoms with Gasteiger partial charge in [-0.25, -0.2) is 0 Å². The van der Waals surface area contributed by atoms with E-state index in [-0.39, 0.29) is 0 Å². The zero-order chi connectivity index (χ0) is 10.1. The molecule has 0 aromatic rings. The average Bonchev–Trinajstić information content (AvgIpc) is 2.17. The van der Waals surface area contributed by atoms with Gasteiger partial charge in [-0.05, 0) is 39.3 Å². The Labute approximate surface area is 92.0 Å². The van der Waals surface area contributed by atoms with Crippen molar-refractivity contribution in [3.8, 4) is 0 Å². The van der Waals surface area contributed by atoms with Crippen molar-refractivity contribution >= 4 is 15.9 Å². The van der Waals surface area contributed by atoms with Crippen LogP contribution in [0.1, 0.15) is 46.5 Å². The molecule has 0 aromatic heterocycles. The van der Waals surface area contributed by atoms with Crippen LogP contribution in [0.2, 0.25) is 0 Å². The maximum atomic E-state index is 3.49. The number of hydrogen-bond acceptors (Lipinski definition) is 1. The summed E-state index contributed by atoms with van der Waals surface area (Å²) in [6, 6.07) is 0.755. The maximum absolute atomic E-state index is 3.49. The number of unbranched alkanes of at least 4 members (excludes halogenated alkanes) is 1. The van der Waals surface area contributed by atoms with E-state index in [4.69, 9.17) is 0 Å². The first-order valence-electron chi connectivity index (χ1n) is 5.56. The summed E-state index contributed by atoms with van der Waals surface area (Å²) in [5.74, 6) is 0. The lowest BCUT2D eigenvalue weighted by Crippen LogP contribution is -2.34. The quantitative estimate of drug-likeness (QED) is 0.594. The van der Waals surface area contributed by atoms with E-state index in [0.29, 0.717) is 0 Å². The summed E-state index contributed by atoms with van der Waals surface area (Å²) in [7, 11) is 0. The van der Waals surface area contributed by atoms with Crippen molar-refractivity contribution in [1.29, 1.82) is 0 Å². The normalized spacial score (nSPS) is 13.6. The third-order valence-corrected chi connectivity index (χ3v) is 3.15. The molecule has 80 valence electrons. The van der Waals surface area contributed by atoms with Crippen molar-refractivity contribution in [2.45, 2.75) is 52.5 Å². The van der Waals surface area contributed by atoms with Crippen molar-refractivity contribution in [2.24, 2.45) is 0 Å². The van der Waals surface area contributed by atoms with Gasteiger partial charge >= 0.3 is 0 Å². The van der Waals surface area contributed by atoms with Gasteiger partial charge in [0.05, 0.1) is 0 Å². The predicted molar refractivity (Wildman–Crippen MR) is 64.6 cm³/mol. The number of rotatable bonds is 8. The van der Waals surface area contributed by atoms with E-state index >= 15 is 0 Å². The lowest BCUT2D eigenvalue weighted by Gasteiger charge is -2.27. The zero-order valence-corrected chi connectivity index (χ0v) is 10.9. The van der Waals surface area contributed by atoms with Crippen LogP contribution in [0.25, 0.3) is 0 Å². The first-order valence-corrected chi connectivity index (χ1v) is 6.68. The molecular weight excluding hydrogens is 226 g/mol. The Hall–Kier alpha value is 0.440. The van der Waals surface area contributed by atoms with E-state index in [1.807, 2.05) is 0 Å². The second-order valence-electron chi connectivity index (χ2n) is 3.69. The minimum absolute atomic E-state index is 0.755. The molecule has 0 spiro atoms. The van der Waals surface area contributed by atoms with Gasteiger partial charge in [0.25, 0.3) is 0 Å². The van der Waals surface area contributed by atoms with Crippen molar-refractivity contribution in [1.82, 2.24) is 4.90 Å². The van der Waals surface area contributed by atoms with Gasteiger partial charge in [0, 0.05) is 11.4 Å². The molecule has 0 N–H and O–H groups in total. The van der Waals surface area contributed by atoms with Crippen molar-refractivity contribution in [3.05, 3.63) is 0 Å². The highest BCUT2D eigenvalue weighted by Gasteiger charge is 2.09. The molecule has 0 aliphatic carbocycles. The molecule has 2 heteroatoms. The molecule has 0 radical (unpaired) electrons. The van der Waals surface area contributed by atoms with E-state index in [1.54, 1.807) is 0 Å². The second-order valence-corrected chi connectivity index (χ2v) is 4.48. The van der Waals surface area contributed by atoms with Gasteiger partial charge in [0.2, 0.25) is 0 Å². The molecule has 0 aliphatic rings. The van der Waals surface area contributed by atoms with Crippen LogP contribution in [0, 0.1) is 0 Å². The van der Waals surface area contributed by atoms with Gasteiger partial charge < -0.3 is 4.90 Å². The van der Waals surface area contributed by atoms with Crippen LogP contribution in [-0.2, 0) is 0 Å². The number of hydrogen-bond donors (Lipinski definition) is 0. The fourth-order valence-corrected chi connectivity index (χ4v) is 1.69. The highest BCUT2D eigenvalue weighted by atomic mass is 79.9. The highest BCUT2D eigenvalue weighted by Crippen LogP contribution is 2.07. The topological polar surface area (TPSA) is 3.24 Å². The van der Waals surface area contributed by atoms with E-state index in [2.05, 4.69) is 41.6 Å². The molecule has 13 heavy (non-hydrogen) atoms. The number of alkyl halides is 1. The molecule has 1 atom stereocenters. The summed E-state index contributed by atoms with van der Waals surface area (Å²) >= 11 is 3.49. The van der Waals surface area contributed by atoms with Gasteiger partial charge in [-0.3, -0.25) is 0 Å². The molecule has 1 nitrogen and oxygen atoms in total. The summed E-state index contributed by atoms with van der Waals surface area (Å²) in [5.41, 5.74) is 0. The van der Waals surface area contributed by atoms with Crippen LogP contribution < -0.4 is 0 Å². The molecule has 0 heterocycles. The van der Waals surface area contributed by atoms with Gasteiger partial charge in [-0.2, -0.15) is 0 Å². The minimum atomic E-state index is 0.755. The van der Waals surface area contributed by atoms with Gasteiger partial charge in [-0.15, -0.1) is 0 Å². The second kappa shape index (κ2) is 9.01. The zero-order valence-electron chi connectivity index (χ0n) is 9.35. The highest BCUT2D eigenvalue weighted by molar-refractivity contribution is 9.09. The van der Waals surface area contributed by atoms with E-state index in [0.717, 1.165) is 11.4 Å². The molecule has 0 aliphatic heterocycles. The Kier molecular flexibility index (Phi) is 9.32. The smallest absolute Gasteiger partial charge is 0.00643 e. The molecule has 0 saturated heterocycles. The standard InChI is InChI=1S/C11H24BrN/c1-4-6-9-13(10-7-8-12)11(3)5-2/h11H,4-10H2,1-3H3. The van der Waals surface area contributed by atoms with Gasteiger partial charge in [0.15, 0.2) is 0 Å².